The molecular weight excluding hydrogens is 491 g/mol. The third-order valence-electron chi connectivity index (χ3n) is 5.44. The minimum atomic E-state index is -0.691. The first-order valence-corrected chi connectivity index (χ1v) is 12.3. The fourth-order valence-corrected chi connectivity index (χ4v) is 4.24. The van der Waals surface area contributed by atoms with Crippen LogP contribution in [0.3, 0.4) is 0 Å². The van der Waals surface area contributed by atoms with Crippen molar-refractivity contribution in [3.8, 4) is 0 Å². The van der Waals surface area contributed by atoms with Gasteiger partial charge in [0.15, 0.2) is 0 Å². The van der Waals surface area contributed by atoms with Crippen molar-refractivity contribution in [3.63, 3.8) is 0 Å². The quantitative estimate of drug-likeness (QED) is 0.340. The molecule has 0 aromatic heterocycles. The summed E-state index contributed by atoms with van der Waals surface area (Å²) in [6, 6.07) is 21.3. The minimum Gasteiger partial charge on any atom is -0.354 e. The van der Waals surface area contributed by atoms with E-state index in [1.807, 2.05) is 49.4 Å². The molecule has 0 bridgehead atoms. The van der Waals surface area contributed by atoms with Gasteiger partial charge in [0.2, 0.25) is 11.8 Å². The number of amides is 2. The highest BCUT2D eigenvalue weighted by Crippen LogP contribution is 2.23. The Balaban J connectivity index is 1.96. The standard InChI is InChI=1S/C27H27Cl3N2O2/c1-2-14-31-27(34)25(15-19-6-4-3-5-7-19)32(18-20-8-11-22(28)12-9-20)26(33)16-21-10-13-23(29)17-24(21)30/h3-13,17,25H,2,14-16,18H2,1H3,(H,31,34)/t25-/m0/s1. The highest BCUT2D eigenvalue weighted by Gasteiger charge is 2.30. The largest absolute Gasteiger partial charge is 0.354 e. The second kappa shape index (κ2) is 12.8. The Hall–Kier alpha value is -2.53. The molecule has 0 aliphatic heterocycles. The van der Waals surface area contributed by atoms with E-state index >= 15 is 0 Å². The van der Waals surface area contributed by atoms with Gasteiger partial charge in [-0.05, 0) is 47.4 Å². The molecule has 1 atom stereocenters. The number of nitrogens with one attached hydrogen (secondary N) is 1. The maximum atomic E-state index is 13.7. The number of rotatable bonds is 10. The Kier molecular flexibility index (Phi) is 9.82. The van der Waals surface area contributed by atoms with Crippen LogP contribution in [0, 0.1) is 0 Å². The summed E-state index contributed by atoms with van der Waals surface area (Å²) < 4.78 is 0. The monoisotopic (exact) mass is 516 g/mol. The molecule has 0 radical (unpaired) electrons. The zero-order valence-corrected chi connectivity index (χ0v) is 21.2. The molecule has 0 saturated heterocycles. The van der Waals surface area contributed by atoms with Crippen LogP contribution < -0.4 is 5.32 Å². The Morgan fingerprint density at radius 1 is 0.882 bits per heavy atom. The number of benzene rings is 3. The topological polar surface area (TPSA) is 49.4 Å². The summed E-state index contributed by atoms with van der Waals surface area (Å²) in [6.07, 6.45) is 1.25. The number of hydrogen-bond donors (Lipinski definition) is 1. The predicted octanol–water partition coefficient (Wildman–Crippen LogP) is 6.36. The Bertz CT molecular complexity index is 1100. The number of hydrogen-bond acceptors (Lipinski definition) is 2. The highest BCUT2D eigenvalue weighted by atomic mass is 35.5. The number of halogens is 3. The van der Waals surface area contributed by atoms with Crippen LogP contribution in [0.2, 0.25) is 15.1 Å². The Morgan fingerprint density at radius 2 is 1.56 bits per heavy atom. The molecule has 2 amide bonds. The van der Waals surface area contributed by atoms with Crippen molar-refractivity contribution < 1.29 is 9.59 Å². The van der Waals surface area contributed by atoms with Gasteiger partial charge in [0.1, 0.15) is 6.04 Å². The third kappa shape index (κ3) is 7.49. The molecule has 0 unspecified atom stereocenters. The minimum absolute atomic E-state index is 0.0515. The summed E-state index contributed by atoms with van der Waals surface area (Å²) in [4.78, 5) is 28.6. The zero-order chi connectivity index (χ0) is 24.5. The van der Waals surface area contributed by atoms with Crippen molar-refractivity contribution in [2.24, 2.45) is 0 Å². The van der Waals surface area contributed by atoms with E-state index in [2.05, 4.69) is 5.32 Å². The van der Waals surface area contributed by atoms with Crippen molar-refractivity contribution >= 4 is 46.6 Å². The van der Waals surface area contributed by atoms with Crippen LogP contribution in [0.1, 0.15) is 30.0 Å². The van der Waals surface area contributed by atoms with Gasteiger partial charge in [-0.15, -0.1) is 0 Å². The van der Waals surface area contributed by atoms with E-state index in [0.717, 1.165) is 17.5 Å². The summed E-state index contributed by atoms with van der Waals surface area (Å²) in [5, 5.41) is 4.49. The normalized spacial score (nSPS) is 11.6. The van der Waals surface area contributed by atoms with Crippen LogP contribution in [0.5, 0.6) is 0 Å². The summed E-state index contributed by atoms with van der Waals surface area (Å²) in [5.41, 5.74) is 2.50. The molecule has 7 heteroatoms. The first-order valence-electron chi connectivity index (χ1n) is 11.2. The molecule has 0 spiro atoms. The van der Waals surface area contributed by atoms with E-state index < -0.39 is 6.04 Å². The lowest BCUT2D eigenvalue weighted by Gasteiger charge is -2.32. The molecule has 0 fully saturated rings. The lowest BCUT2D eigenvalue weighted by atomic mass is 10.0. The maximum Gasteiger partial charge on any atom is 0.243 e. The van der Waals surface area contributed by atoms with Gasteiger partial charge < -0.3 is 10.2 Å². The van der Waals surface area contributed by atoms with Crippen molar-refractivity contribution in [2.45, 2.75) is 38.8 Å². The van der Waals surface area contributed by atoms with E-state index in [4.69, 9.17) is 34.8 Å². The number of nitrogens with zero attached hydrogens (tertiary/aromatic N) is 1. The average molecular weight is 518 g/mol. The average Bonchev–Trinajstić information content (AvgIpc) is 2.83. The second-order valence-electron chi connectivity index (χ2n) is 8.06. The molecule has 0 aliphatic carbocycles. The third-order valence-corrected chi connectivity index (χ3v) is 6.28. The van der Waals surface area contributed by atoms with Crippen LogP contribution in [0.15, 0.2) is 72.8 Å². The van der Waals surface area contributed by atoms with Gasteiger partial charge in [-0.1, -0.05) is 90.3 Å². The number of carbonyl (C=O) groups is 2. The van der Waals surface area contributed by atoms with Crippen LogP contribution >= 0.6 is 34.8 Å². The predicted molar refractivity (Wildman–Crippen MR) is 139 cm³/mol. The van der Waals surface area contributed by atoms with E-state index in [0.29, 0.717) is 33.6 Å². The van der Waals surface area contributed by atoms with Gasteiger partial charge in [0.05, 0.1) is 6.42 Å². The molecule has 178 valence electrons. The SMILES string of the molecule is CCCNC(=O)[C@H](Cc1ccccc1)N(Cc1ccc(Cl)cc1)C(=O)Cc1ccc(Cl)cc1Cl. The molecule has 3 rings (SSSR count). The van der Waals surface area contributed by atoms with Crippen LogP contribution in [0.4, 0.5) is 0 Å². The van der Waals surface area contributed by atoms with Crippen molar-refractivity contribution in [3.05, 3.63) is 105 Å². The van der Waals surface area contributed by atoms with Crippen LogP contribution in [-0.2, 0) is 29.0 Å². The lowest BCUT2D eigenvalue weighted by molar-refractivity contribution is -0.140. The van der Waals surface area contributed by atoms with Gasteiger partial charge in [0, 0.05) is 34.6 Å². The van der Waals surface area contributed by atoms with Crippen LogP contribution in [0.25, 0.3) is 0 Å². The number of carbonyl (C=O) groups excluding carboxylic acids is 2. The zero-order valence-electron chi connectivity index (χ0n) is 18.9. The Morgan fingerprint density at radius 3 is 2.21 bits per heavy atom. The van der Waals surface area contributed by atoms with Gasteiger partial charge in [-0.25, -0.2) is 0 Å². The molecular formula is C27H27Cl3N2O2. The van der Waals surface area contributed by atoms with Crippen molar-refractivity contribution in [1.29, 1.82) is 0 Å². The molecule has 3 aromatic rings. The molecule has 4 nitrogen and oxygen atoms in total. The van der Waals surface area contributed by atoms with Crippen LogP contribution in [-0.4, -0.2) is 29.3 Å². The summed E-state index contributed by atoms with van der Waals surface area (Å²) in [7, 11) is 0. The first-order chi connectivity index (χ1) is 16.4. The second-order valence-corrected chi connectivity index (χ2v) is 9.34. The maximum absolute atomic E-state index is 13.7. The van der Waals surface area contributed by atoms with Gasteiger partial charge in [0.25, 0.3) is 0 Å². The van der Waals surface area contributed by atoms with E-state index in [1.165, 1.54) is 0 Å². The summed E-state index contributed by atoms with van der Waals surface area (Å²) >= 11 is 18.4. The van der Waals surface area contributed by atoms with Gasteiger partial charge >= 0.3 is 0 Å². The van der Waals surface area contributed by atoms with Gasteiger partial charge in [-0.3, -0.25) is 9.59 Å². The molecule has 0 saturated carbocycles. The molecule has 34 heavy (non-hydrogen) atoms. The van der Waals surface area contributed by atoms with Crippen molar-refractivity contribution in [1.82, 2.24) is 10.2 Å². The summed E-state index contributed by atoms with van der Waals surface area (Å²) in [5.74, 6) is -0.387. The van der Waals surface area contributed by atoms with E-state index in [9.17, 15) is 9.59 Å². The fourth-order valence-electron chi connectivity index (χ4n) is 3.64. The lowest BCUT2D eigenvalue weighted by Crippen LogP contribution is -2.51. The highest BCUT2D eigenvalue weighted by molar-refractivity contribution is 6.35. The van der Waals surface area contributed by atoms with E-state index in [1.54, 1.807) is 35.2 Å². The summed E-state index contributed by atoms with van der Waals surface area (Å²) in [6.45, 7) is 2.79. The molecule has 1 N–H and O–H groups in total. The molecule has 3 aromatic carbocycles. The molecule has 0 heterocycles. The van der Waals surface area contributed by atoms with E-state index in [-0.39, 0.29) is 24.8 Å². The fraction of sp³-hybridized carbons (Fsp3) is 0.259. The smallest absolute Gasteiger partial charge is 0.243 e. The Labute approximate surface area is 215 Å². The van der Waals surface area contributed by atoms with Crippen molar-refractivity contribution in [2.75, 3.05) is 6.54 Å². The molecule has 0 aliphatic rings. The first kappa shape index (κ1) is 26.1. The van der Waals surface area contributed by atoms with Gasteiger partial charge in [-0.2, -0.15) is 0 Å².